The van der Waals surface area contributed by atoms with E-state index in [4.69, 9.17) is 0 Å². The number of hydrogen-bond donors (Lipinski definition) is 1. The number of hydrogen-bond acceptors (Lipinski definition) is 3. The fourth-order valence-corrected chi connectivity index (χ4v) is 5.46. The Morgan fingerprint density at radius 3 is 1.76 bits per heavy atom. The van der Waals surface area contributed by atoms with Crippen molar-refractivity contribution in [3.05, 3.63) is 0 Å². The molecule has 0 aromatic carbocycles. The molecule has 1 unspecified atom stereocenters. The molecule has 0 aliphatic carbocycles. The van der Waals surface area contributed by atoms with Crippen LogP contribution in [0.4, 0.5) is 0 Å². The van der Waals surface area contributed by atoms with Crippen molar-refractivity contribution in [2.45, 2.75) is 148 Å². The van der Waals surface area contributed by atoms with Crippen molar-refractivity contribution in [3.63, 3.8) is 0 Å². The summed E-state index contributed by atoms with van der Waals surface area (Å²) in [5.41, 5.74) is 0. The van der Waals surface area contributed by atoms with Crippen LogP contribution >= 0.6 is 0 Å². The maximum absolute atomic E-state index is 3.68. The Bertz CT molecular complexity index is 385. The summed E-state index contributed by atoms with van der Waals surface area (Å²) in [5, 5.41) is 3.68. The van der Waals surface area contributed by atoms with E-state index < -0.39 is 0 Å². The van der Waals surface area contributed by atoms with Crippen LogP contribution in [0.25, 0.3) is 0 Å². The molecule has 0 aromatic heterocycles. The van der Waals surface area contributed by atoms with E-state index in [9.17, 15) is 0 Å². The molecule has 1 atom stereocenters. The Labute approximate surface area is 209 Å². The third-order valence-electron chi connectivity index (χ3n) is 7.66. The lowest BCUT2D eigenvalue weighted by atomic mass is 9.98. The van der Waals surface area contributed by atoms with Crippen molar-refractivity contribution in [3.8, 4) is 0 Å². The third kappa shape index (κ3) is 19.8. The minimum Gasteiger partial charge on any atom is -0.317 e. The van der Waals surface area contributed by atoms with Crippen molar-refractivity contribution >= 4 is 0 Å². The normalized spacial score (nSPS) is 17.3. The predicted octanol–water partition coefficient (Wildman–Crippen LogP) is 8.03. The number of piperidine rings is 1. The van der Waals surface area contributed by atoms with Crippen LogP contribution in [-0.4, -0.2) is 62.7 Å². The molecule has 0 amide bonds. The topological polar surface area (TPSA) is 18.5 Å². The molecule has 1 saturated heterocycles. The van der Waals surface area contributed by atoms with Crippen LogP contribution in [0.3, 0.4) is 0 Å². The van der Waals surface area contributed by atoms with E-state index in [1.807, 2.05) is 0 Å². The maximum atomic E-state index is 3.68. The quantitative estimate of drug-likeness (QED) is 0.145. The molecule has 0 radical (unpaired) electrons. The van der Waals surface area contributed by atoms with Crippen LogP contribution < -0.4 is 5.32 Å². The zero-order chi connectivity index (χ0) is 23.8. The first-order valence-electron chi connectivity index (χ1n) is 15.3. The largest absolute Gasteiger partial charge is 0.317 e. The average Bonchev–Trinajstić information content (AvgIpc) is 2.81. The molecule has 0 saturated carbocycles. The molecule has 33 heavy (non-hydrogen) atoms. The van der Waals surface area contributed by atoms with Crippen molar-refractivity contribution in [1.82, 2.24) is 15.1 Å². The highest BCUT2D eigenvalue weighted by Gasteiger charge is 2.21. The summed E-state index contributed by atoms with van der Waals surface area (Å²) in [5.74, 6) is 0. The Hall–Kier alpha value is -0.120. The van der Waals surface area contributed by atoms with Crippen LogP contribution in [0.2, 0.25) is 0 Å². The first-order valence-corrected chi connectivity index (χ1v) is 15.3. The van der Waals surface area contributed by atoms with Crippen molar-refractivity contribution in [1.29, 1.82) is 0 Å². The number of rotatable bonds is 24. The van der Waals surface area contributed by atoms with Gasteiger partial charge < -0.3 is 15.1 Å². The molecular formula is C30H63N3. The standard InChI is InChI=1S/C30H63N3/c1-4-5-6-7-8-9-10-11-12-13-14-15-16-17-18-20-28-33-29-21-19-23-30(33)24-26-31-25-22-27-32(2)3/h30-31H,4-29H2,1-3H3. The molecule has 0 aromatic rings. The second-order valence-corrected chi connectivity index (χ2v) is 11.2. The zero-order valence-electron chi connectivity index (χ0n) is 23.4. The van der Waals surface area contributed by atoms with Crippen molar-refractivity contribution in [2.24, 2.45) is 0 Å². The number of likely N-dealkylation sites (tertiary alicyclic amines) is 1. The van der Waals surface area contributed by atoms with E-state index in [0.717, 1.165) is 6.04 Å². The van der Waals surface area contributed by atoms with Crippen molar-refractivity contribution < 1.29 is 0 Å². The van der Waals surface area contributed by atoms with Gasteiger partial charge in [0, 0.05) is 6.04 Å². The van der Waals surface area contributed by atoms with Crippen LogP contribution in [-0.2, 0) is 0 Å². The van der Waals surface area contributed by atoms with Gasteiger partial charge in [0.15, 0.2) is 0 Å². The second-order valence-electron chi connectivity index (χ2n) is 11.2. The Balaban J connectivity index is 1.87. The smallest absolute Gasteiger partial charge is 0.0107 e. The monoisotopic (exact) mass is 466 g/mol. The highest BCUT2D eigenvalue weighted by atomic mass is 15.2. The molecule has 1 heterocycles. The maximum Gasteiger partial charge on any atom is 0.0107 e. The summed E-state index contributed by atoms with van der Waals surface area (Å²) in [4.78, 5) is 5.11. The minimum atomic E-state index is 0.844. The van der Waals surface area contributed by atoms with E-state index in [1.54, 1.807) is 0 Å². The van der Waals surface area contributed by atoms with Crippen LogP contribution in [0.5, 0.6) is 0 Å². The van der Waals surface area contributed by atoms with Gasteiger partial charge in [-0.25, -0.2) is 0 Å². The van der Waals surface area contributed by atoms with Gasteiger partial charge in [-0.2, -0.15) is 0 Å². The van der Waals surface area contributed by atoms with Gasteiger partial charge in [0.1, 0.15) is 0 Å². The predicted molar refractivity (Wildman–Crippen MR) is 149 cm³/mol. The van der Waals surface area contributed by atoms with Gasteiger partial charge >= 0.3 is 0 Å². The van der Waals surface area contributed by atoms with E-state index >= 15 is 0 Å². The summed E-state index contributed by atoms with van der Waals surface area (Å²) in [6.45, 7) is 8.58. The van der Waals surface area contributed by atoms with Gasteiger partial charge in [0.05, 0.1) is 0 Å². The van der Waals surface area contributed by atoms with Crippen molar-refractivity contribution in [2.75, 3.05) is 46.8 Å². The van der Waals surface area contributed by atoms with Crippen LogP contribution in [0.15, 0.2) is 0 Å². The second kappa shape index (κ2) is 23.6. The summed E-state index contributed by atoms with van der Waals surface area (Å²) in [6, 6.07) is 0.844. The summed E-state index contributed by atoms with van der Waals surface area (Å²) < 4.78 is 0. The molecule has 1 rings (SSSR count). The third-order valence-corrected chi connectivity index (χ3v) is 7.66. The molecule has 1 N–H and O–H groups in total. The molecule has 0 spiro atoms. The summed E-state index contributed by atoms with van der Waals surface area (Å²) in [6.07, 6.45) is 30.3. The highest BCUT2D eigenvalue weighted by Crippen LogP contribution is 2.20. The molecule has 0 bridgehead atoms. The first kappa shape index (κ1) is 30.9. The van der Waals surface area contributed by atoms with Gasteiger partial charge in [-0.05, 0) is 78.9 Å². The van der Waals surface area contributed by atoms with Gasteiger partial charge in [-0.15, -0.1) is 0 Å². The van der Waals surface area contributed by atoms with Crippen LogP contribution in [0.1, 0.15) is 142 Å². The van der Waals surface area contributed by atoms with E-state index in [0.29, 0.717) is 0 Å². The molecular weight excluding hydrogens is 402 g/mol. The molecule has 3 heteroatoms. The number of nitrogens with one attached hydrogen (secondary N) is 1. The average molecular weight is 466 g/mol. The highest BCUT2D eigenvalue weighted by molar-refractivity contribution is 4.77. The van der Waals surface area contributed by atoms with E-state index in [-0.39, 0.29) is 0 Å². The van der Waals surface area contributed by atoms with Crippen LogP contribution in [0, 0.1) is 0 Å². The van der Waals surface area contributed by atoms with Gasteiger partial charge in [0.25, 0.3) is 0 Å². The number of nitrogens with zero attached hydrogens (tertiary/aromatic N) is 2. The number of unbranched alkanes of at least 4 members (excludes halogenated alkanes) is 15. The Kier molecular flexibility index (Phi) is 22.1. The van der Waals surface area contributed by atoms with Gasteiger partial charge in [-0.3, -0.25) is 0 Å². The van der Waals surface area contributed by atoms with E-state index in [2.05, 4.69) is 36.1 Å². The lowest BCUT2D eigenvalue weighted by Crippen LogP contribution is -2.41. The molecule has 3 nitrogen and oxygen atoms in total. The molecule has 198 valence electrons. The SMILES string of the molecule is CCCCCCCCCCCCCCCCCCN1CCCCC1CCNCCCN(C)C. The first-order chi connectivity index (χ1) is 16.2. The Morgan fingerprint density at radius 1 is 0.667 bits per heavy atom. The lowest BCUT2D eigenvalue weighted by Gasteiger charge is -2.36. The summed E-state index contributed by atoms with van der Waals surface area (Å²) >= 11 is 0. The minimum absolute atomic E-state index is 0.844. The van der Waals surface area contributed by atoms with E-state index in [1.165, 1.54) is 168 Å². The zero-order valence-corrected chi connectivity index (χ0v) is 23.4. The molecule has 1 aliphatic rings. The lowest BCUT2D eigenvalue weighted by molar-refractivity contribution is 0.137. The molecule has 1 aliphatic heterocycles. The van der Waals surface area contributed by atoms with Gasteiger partial charge in [-0.1, -0.05) is 110 Å². The summed E-state index contributed by atoms with van der Waals surface area (Å²) in [7, 11) is 4.33. The fourth-order valence-electron chi connectivity index (χ4n) is 5.46. The van der Waals surface area contributed by atoms with Gasteiger partial charge in [0.2, 0.25) is 0 Å². The Morgan fingerprint density at radius 2 is 1.21 bits per heavy atom. The molecule has 1 fully saturated rings. The fraction of sp³-hybridized carbons (Fsp3) is 1.00.